The number of ether oxygens (including phenoxy) is 2. The molecule has 1 unspecified atom stereocenters. The van der Waals surface area contributed by atoms with E-state index >= 15 is 0 Å². The van der Waals surface area contributed by atoms with Crippen LogP contribution in [0.2, 0.25) is 0 Å². The number of piperazine rings is 1. The van der Waals surface area contributed by atoms with Crippen LogP contribution < -0.4 is 4.90 Å². The Hall–Kier alpha value is -1.87. The van der Waals surface area contributed by atoms with Crippen molar-refractivity contribution in [1.82, 2.24) is 19.6 Å². The van der Waals surface area contributed by atoms with Gasteiger partial charge in [-0.05, 0) is 53.4 Å². The second-order valence-electron chi connectivity index (χ2n) is 11.8. The van der Waals surface area contributed by atoms with Gasteiger partial charge < -0.3 is 19.3 Å². The lowest BCUT2D eigenvalue weighted by Gasteiger charge is -2.58. The van der Waals surface area contributed by atoms with Crippen molar-refractivity contribution >= 4 is 11.9 Å². The van der Waals surface area contributed by atoms with E-state index in [2.05, 4.69) is 27.5 Å². The fourth-order valence-corrected chi connectivity index (χ4v) is 6.27. The summed E-state index contributed by atoms with van der Waals surface area (Å²) in [5.41, 5.74) is 0.873. The van der Waals surface area contributed by atoms with Crippen molar-refractivity contribution < 1.29 is 18.7 Å². The summed E-state index contributed by atoms with van der Waals surface area (Å²) in [5.74, 6) is 0.900. The van der Waals surface area contributed by atoms with Crippen molar-refractivity contribution in [2.45, 2.75) is 77.1 Å². The highest BCUT2D eigenvalue weighted by Gasteiger charge is 2.55. The average Bonchev–Trinajstić information content (AvgIpc) is 3.12. The highest BCUT2D eigenvalue weighted by Crippen LogP contribution is 2.54. The minimum atomic E-state index is -0.460. The first-order valence-corrected chi connectivity index (χ1v) is 12.8. The summed E-state index contributed by atoms with van der Waals surface area (Å²) in [7, 11) is 0. The van der Waals surface area contributed by atoms with E-state index in [1.807, 2.05) is 25.7 Å². The molecule has 8 nitrogen and oxygen atoms in total. The molecule has 1 spiro atoms. The second-order valence-corrected chi connectivity index (χ2v) is 11.8. The fourth-order valence-electron chi connectivity index (χ4n) is 6.27. The van der Waals surface area contributed by atoms with Crippen LogP contribution in [0.4, 0.5) is 15.0 Å². The molecule has 3 saturated heterocycles. The molecule has 1 atom stereocenters. The van der Waals surface area contributed by atoms with E-state index in [9.17, 15) is 9.18 Å². The lowest BCUT2D eigenvalue weighted by atomic mass is 9.61. The molecule has 4 aliphatic rings. The predicted octanol–water partition coefficient (Wildman–Crippen LogP) is 3.40. The van der Waals surface area contributed by atoms with Crippen LogP contribution in [0, 0.1) is 12.3 Å². The number of aryl methyl sites for hydroxylation is 1. The van der Waals surface area contributed by atoms with Gasteiger partial charge in [-0.25, -0.2) is 9.18 Å². The molecule has 190 valence electrons. The number of nitrogens with zero attached hydrogens (tertiary/aromatic N) is 5. The largest absolute Gasteiger partial charge is 0.444 e. The molecule has 1 aliphatic carbocycles. The molecule has 0 N–H and O–H groups in total. The summed E-state index contributed by atoms with van der Waals surface area (Å²) >= 11 is 0. The van der Waals surface area contributed by atoms with Crippen LogP contribution in [-0.2, 0) is 9.47 Å². The van der Waals surface area contributed by atoms with E-state index in [-0.39, 0.29) is 24.2 Å². The van der Waals surface area contributed by atoms with Gasteiger partial charge in [0.1, 0.15) is 12.3 Å². The molecule has 1 amide bonds. The third-order valence-electron chi connectivity index (χ3n) is 7.99. The lowest BCUT2D eigenvalue weighted by Crippen LogP contribution is -2.64. The zero-order valence-corrected chi connectivity index (χ0v) is 21.1. The van der Waals surface area contributed by atoms with E-state index in [0.717, 1.165) is 83.1 Å². The van der Waals surface area contributed by atoms with Gasteiger partial charge in [0.25, 0.3) is 0 Å². The number of rotatable bonds is 4. The molecule has 4 heterocycles. The summed E-state index contributed by atoms with van der Waals surface area (Å²) in [6.45, 7) is 13.1. The highest BCUT2D eigenvalue weighted by molar-refractivity contribution is 5.69. The smallest absolute Gasteiger partial charge is 0.410 e. The van der Waals surface area contributed by atoms with Crippen LogP contribution >= 0.6 is 0 Å². The van der Waals surface area contributed by atoms with Crippen molar-refractivity contribution in [1.29, 1.82) is 0 Å². The van der Waals surface area contributed by atoms with E-state index < -0.39 is 5.60 Å². The first-order chi connectivity index (χ1) is 16.2. The minimum Gasteiger partial charge on any atom is -0.444 e. The van der Waals surface area contributed by atoms with Crippen molar-refractivity contribution in [2.75, 3.05) is 57.5 Å². The van der Waals surface area contributed by atoms with E-state index in [4.69, 9.17) is 14.6 Å². The minimum absolute atomic E-state index is 0.152. The number of hydrogen-bond acceptors (Lipinski definition) is 6. The molecule has 0 aromatic carbocycles. The highest BCUT2D eigenvalue weighted by atomic mass is 19.1. The maximum Gasteiger partial charge on any atom is 0.410 e. The predicted molar refractivity (Wildman–Crippen MR) is 128 cm³/mol. The molecule has 1 aromatic heterocycles. The molecule has 34 heavy (non-hydrogen) atoms. The van der Waals surface area contributed by atoms with Gasteiger partial charge in [0.2, 0.25) is 0 Å². The molecule has 0 radical (unpaired) electrons. The molecule has 1 aromatic rings. The Morgan fingerprint density at radius 2 is 1.91 bits per heavy atom. The van der Waals surface area contributed by atoms with Crippen molar-refractivity contribution in [3.05, 3.63) is 11.8 Å². The monoisotopic (exact) mass is 477 g/mol. The van der Waals surface area contributed by atoms with Gasteiger partial charge in [-0.15, -0.1) is 0 Å². The maximum atomic E-state index is 14.1. The average molecular weight is 478 g/mol. The van der Waals surface area contributed by atoms with Gasteiger partial charge in [-0.2, -0.15) is 5.10 Å². The normalized spacial score (nSPS) is 26.4. The van der Waals surface area contributed by atoms with Gasteiger partial charge in [0, 0.05) is 69.2 Å². The molecule has 5 rings (SSSR count). The summed E-state index contributed by atoms with van der Waals surface area (Å²) in [6, 6.07) is 2.83. The van der Waals surface area contributed by atoms with Crippen molar-refractivity contribution in [2.24, 2.45) is 5.41 Å². The summed E-state index contributed by atoms with van der Waals surface area (Å²) in [6.07, 6.45) is 3.93. The molecule has 1 saturated carbocycles. The Morgan fingerprint density at radius 1 is 1.21 bits per heavy atom. The van der Waals surface area contributed by atoms with Gasteiger partial charge in [0.05, 0.1) is 12.1 Å². The number of carbonyl (C=O) groups is 1. The Balaban J connectivity index is 1.17. The second kappa shape index (κ2) is 8.97. The number of anilines is 1. The quantitative estimate of drug-likeness (QED) is 0.662. The van der Waals surface area contributed by atoms with Crippen LogP contribution in [0.25, 0.3) is 0 Å². The fraction of sp³-hybridized carbons (Fsp3) is 0.840. The number of hydrogen-bond donors (Lipinski definition) is 0. The standard InChI is InChI=1S/C25H40FN5O3/c1-18-11-22(30-8-7-28(15-21(30)14-26)19-5-9-33-10-6-19)27-31(18)20-12-25(13-20)16-29(17-25)23(32)34-24(2,3)4/h11,19-21H,5-10,12-17H2,1-4H3. The van der Waals surface area contributed by atoms with Crippen LogP contribution in [0.15, 0.2) is 6.07 Å². The van der Waals surface area contributed by atoms with Crippen molar-refractivity contribution in [3.63, 3.8) is 0 Å². The maximum absolute atomic E-state index is 14.1. The molecule has 4 fully saturated rings. The van der Waals surface area contributed by atoms with Crippen LogP contribution in [0.5, 0.6) is 0 Å². The van der Waals surface area contributed by atoms with Gasteiger partial charge in [0.15, 0.2) is 5.82 Å². The van der Waals surface area contributed by atoms with Gasteiger partial charge in [-0.1, -0.05) is 0 Å². The molecule has 3 aliphatic heterocycles. The SMILES string of the molecule is Cc1cc(N2CCN(C3CCOCC3)CC2CF)nn1C1CC2(C1)CN(C(=O)OC(C)(C)C)C2. The van der Waals surface area contributed by atoms with E-state index in [1.165, 1.54) is 0 Å². The van der Waals surface area contributed by atoms with E-state index in [0.29, 0.717) is 12.1 Å². The van der Waals surface area contributed by atoms with Gasteiger partial charge in [-0.3, -0.25) is 9.58 Å². The number of halogens is 1. The lowest BCUT2D eigenvalue weighted by molar-refractivity contribution is -0.0930. The number of amides is 1. The Morgan fingerprint density at radius 3 is 2.56 bits per heavy atom. The number of alkyl halides is 1. The molecule has 0 bridgehead atoms. The molecular formula is C25H40FN5O3. The summed E-state index contributed by atoms with van der Waals surface area (Å²) in [5, 5.41) is 4.95. The number of likely N-dealkylation sites (tertiary alicyclic amines) is 1. The van der Waals surface area contributed by atoms with Crippen LogP contribution in [0.1, 0.15) is 58.2 Å². The first kappa shape index (κ1) is 23.9. The Bertz CT molecular complexity index is 880. The zero-order chi connectivity index (χ0) is 24.1. The van der Waals surface area contributed by atoms with E-state index in [1.54, 1.807) is 0 Å². The van der Waals surface area contributed by atoms with Crippen molar-refractivity contribution in [3.8, 4) is 0 Å². The first-order valence-electron chi connectivity index (χ1n) is 12.8. The third kappa shape index (κ3) is 4.65. The topological polar surface area (TPSA) is 63.1 Å². The van der Waals surface area contributed by atoms with Crippen LogP contribution in [-0.4, -0.2) is 96.0 Å². The zero-order valence-electron chi connectivity index (χ0n) is 21.1. The molecular weight excluding hydrogens is 437 g/mol. The summed E-state index contributed by atoms with van der Waals surface area (Å²) < 4.78 is 27.2. The number of carbonyl (C=O) groups excluding carboxylic acids is 1. The molecule has 9 heteroatoms. The third-order valence-corrected chi connectivity index (χ3v) is 7.99. The Kier molecular flexibility index (Phi) is 6.29. The summed E-state index contributed by atoms with van der Waals surface area (Å²) in [4.78, 5) is 18.7. The van der Waals surface area contributed by atoms with Crippen LogP contribution in [0.3, 0.4) is 0 Å². The Labute approximate surface area is 202 Å². The number of aromatic nitrogens is 2. The van der Waals surface area contributed by atoms with Gasteiger partial charge >= 0.3 is 6.09 Å².